The van der Waals surface area contributed by atoms with Crippen molar-refractivity contribution in [1.82, 2.24) is 0 Å². The molecular weight excluding hydrogens is 293 g/mol. The maximum absolute atomic E-state index is 8.38. The first-order valence-electron chi connectivity index (χ1n) is 1.76. The summed E-state index contributed by atoms with van der Waals surface area (Å²) in [7, 11) is 0. The Morgan fingerprint density at radius 3 is 1.33 bits per heavy atom. The molecule has 0 spiro atoms. The van der Waals surface area contributed by atoms with E-state index in [0.717, 1.165) is 0 Å². The zero-order chi connectivity index (χ0) is 5.15. The van der Waals surface area contributed by atoms with Crippen LogP contribution in [0.15, 0.2) is 5.57 Å². The van der Waals surface area contributed by atoms with Gasteiger partial charge in [0.15, 0.2) is 0 Å². The summed E-state index contributed by atoms with van der Waals surface area (Å²) >= 11 is 0. The SMILES string of the molecule is [CH-]=C(C)C(C)=[N-].[CH3-].[CH3-].[Pt+4]. The third-order valence-electron chi connectivity index (χ3n) is 0.571. The van der Waals surface area contributed by atoms with E-state index in [1.54, 1.807) is 13.8 Å². The van der Waals surface area contributed by atoms with Crippen LogP contribution in [0.5, 0.6) is 0 Å². The molecule has 0 aromatic carbocycles. The minimum absolute atomic E-state index is 0. The largest absolute Gasteiger partial charge is 4.00 e. The Kier molecular flexibility index (Phi) is 28.0. The van der Waals surface area contributed by atoms with Gasteiger partial charge in [-0.2, -0.15) is 0 Å². The van der Waals surface area contributed by atoms with E-state index in [9.17, 15) is 0 Å². The minimum Gasteiger partial charge on any atom is -0.908 e. The van der Waals surface area contributed by atoms with Gasteiger partial charge in [-0.05, 0) is 0 Å². The molecule has 0 radical (unpaired) electrons. The molecule has 0 aliphatic heterocycles. The van der Waals surface area contributed by atoms with Crippen LogP contribution >= 0.6 is 0 Å². The van der Waals surface area contributed by atoms with Gasteiger partial charge in [0.2, 0.25) is 0 Å². The molecule has 0 N–H and O–H groups in total. The van der Waals surface area contributed by atoms with Crippen molar-refractivity contribution in [3.8, 4) is 0 Å². The molecule has 2 heteroatoms. The standard InChI is InChI=1S/C5H7N.2CH3.Pt/c1-4(2)5(3)6;;;/h1H,2-3H3;2*1H3;/q-2;2*-1;+4. The molecule has 0 aliphatic rings. The van der Waals surface area contributed by atoms with Gasteiger partial charge in [-0.15, -0.1) is 6.92 Å². The second-order valence-corrected chi connectivity index (χ2v) is 1.27. The van der Waals surface area contributed by atoms with Crippen LogP contribution in [0.4, 0.5) is 0 Å². The van der Waals surface area contributed by atoms with Crippen LogP contribution < -0.4 is 0 Å². The van der Waals surface area contributed by atoms with Gasteiger partial charge in [0.25, 0.3) is 0 Å². The van der Waals surface area contributed by atoms with E-state index in [1.165, 1.54) is 0 Å². The van der Waals surface area contributed by atoms with Crippen LogP contribution in [-0.2, 0) is 21.1 Å². The topological polar surface area (TPSA) is 22.3 Å². The van der Waals surface area contributed by atoms with Crippen molar-refractivity contribution >= 4 is 5.71 Å². The Bertz CT molecular complexity index is 74.9. The zero-order valence-corrected chi connectivity index (χ0v) is 8.61. The first-order chi connectivity index (χ1) is 2.64. The molecule has 1 nitrogen and oxygen atoms in total. The van der Waals surface area contributed by atoms with E-state index < -0.39 is 0 Å². The maximum atomic E-state index is 8.38. The monoisotopic (exact) mass is 306 g/mol. The van der Waals surface area contributed by atoms with Crippen LogP contribution in [0.2, 0.25) is 0 Å². The first-order valence-corrected chi connectivity index (χ1v) is 1.76. The van der Waals surface area contributed by atoms with Crippen molar-refractivity contribution in [2.75, 3.05) is 0 Å². The van der Waals surface area contributed by atoms with E-state index in [-0.39, 0.29) is 41.6 Å². The Hall–Kier alpha value is 0.0983. The van der Waals surface area contributed by atoms with Crippen LogP contribution in [0.3, 0.4) is 0 Å². The fourth-order valence-electron chi connectivity index (χ4n) is 0. The number of rotatable bonds is 1. The van der Waals surface area contributed by atoms with Gasteiger partial charge in [-0.3, -0.25) is 12.2 Å². The molecule has 56 valence electrons. The van der Waals surface area contributed by atoms with Gasteiger partial charge in [0.1, 0.15) is 0 Å². The van der Waals surface area contributed by atoms with Gasteiger partial charge in [0, 0.05) is 0 Å². The fourth-order valence-corrected chi connectivity index (χ4v) is 0. The molecule has 0 saturated heterocycles. The number of hydrogen-bond acceptors (Lipinski definition) is 0. The van der Waals surface area contributed by atoms with Crippen LogP contribution in [-0.4, -0.2) is 5.71 Å². The first kappa shape index (κ1) is 23.0. The van der Waals surface area contributed by atoms with Gasteiger partial charge >= 0.3 is 21.1 Å². The summed E-state index contributed by atoms with van der Waals surface area (Å²) < 4.78 is 0. The number of allylic oxidation sites excluding steroid dienone is 1. The molecule has 0 heterocycles. The summed E-state index contributed by atoms with van der Waals surface area (Å²) in [6.07, 6.45) is 0. The van der Waals surface area contributed by atoms with Crippen LogP contribution in [0.1, 0.15) is 13.8 Å². The average molecular weight is 306 g/mol. The van der Waals surface area contributed by atoms with Crippen molar-refractivity contribution in [2.45, 2.75) is 13.8 Å². The molecule has 0 bridgehead atoms. The van der Waals surface area contributed by atoms with Crippen molar-refractivity contribution in [3.05, 3.63) is 32.4 Å². The van der Waals surface area contributed by atoms with E-state index >= 15 is 0 Å². The van der Waals surface area contributed by atoms with Crippen molar-refractivity contribution in [1.29, 1.82) is 0 Å². The minimum atomic E-state index is 0. The average Bonchev–Trinajstić information content (AvgIpc) is 1.36. The predicted molar refractivity (Wildman–Crippen MR) is 40.4 cm³/mol. The number of nitrogens with zero attached hydrogens (tertiary/aromatic N) is 1. The summed E-state index contributed by atoms with van der Waals surface area (Å²) in [4.78, 5) is 0. The molecular formula is C7H13NPt. The molecule has 0 amide bonds. The molecule has 0 aromatic rings. The van der Waals surface area contributed by atoms with Crippen molar-refractivity contribution in [2.24, 2.45) is 0 Å². The van der Waals surface area contributed by atoms with Crippen LogP contribution in [0, 0.1) is 21.4 Å². The van der Waals surface area contributed by atoms with Gasteiger partial charge in [-0.25, -0.2) is 0 Å². The van der Waals surface area contributed by atoms with E-state index in [4.69, 9.17) is 12.0 Å². The number of hydrogen-bond donors (Lipinski definition) is 0. The van der Waals surface area contributed by atoms with Gasteiger partial charge < -0.3 is 26.0 Å². The molecule has 0 aromatic heterocycles. The molecule has 0 fully saturated rings. The third-order valence-corrected chi connectivity index (χ3v) is 0.571. The second-order valence-electron chi connectivity index (χ2n) is 1.27. The van der Waals surface area contributed by atoms with Crippen LogP contribution in [0.25, 0.3) is 5.41 Å². The maximum Gasteiger partial charge on any atom is 4.00 e. The molecule has 9 heavy (non-hydrogen) atoms. The predicted octanol–water partition coefficient (Wildman–Crippen LogP) is 2.29. The Morgan fingerprint density at radius 1 is 1.22 bits per heavy atom. The smallest absolute Gasteiger partial charge is 0.908 e. The van der Waals surface area contributed by atoms with Gasteiger partial charge in [-0.1, -0.05) is 6.92 Å². The summed E-state index contributed by atoms with van der Waals surface area (Å²) in [6.45, 7) is 8.26. The Morgan fingerprint density at radius 2 is 1.33 bits per heavy atom. The molecule has 0 aliphatic carbocycles. The quantitative estimate of drug-likeness (QED) is 0.524. The summed E-state index contributed by atoms with van der Waals surface area (Å²) in [6, 6.07) is 0. The van der Waals surface area contributed by atoms with Crippen molar-refractivity contribution < 1.29 is 21.1 Å². The molecule has 0 saturated carbocycles. The molecule has 0 unspecified atom stereocenters. The van der Waals surface area contributed by atoms with Gasteiger partial charge in [0.05, 0.1) is 0 Å². The summed E-state index contributed by atoms with van der Waals surface area (Å²) in [5, 5.41) is 8.38. The van der Waals surface area contributed by atoms with Crippen molar-refractivity contribution in [3.63, 3.8) is 0 Å². The van der Waals surface area contributed by atoms with E-state index in [1.807, 2.05) is 0 Å². The zero-order valence-electron chi connectivity index (χ0n) is 6.34. The fraction of sp³-hybridized carbons (Fsp3) is 0.286. The Balaban J connectivity index is -0.0000000417. The second kappa shape index (κ2) is 11.0. The third kappa shape index (κ3) is 17.9. The summed E-state index contributed by atoms with van der Waals surface area (Å²) in [5.74, 6) is 0. The molecule has 0 atom stereocenters. The van der Waals surface area contributed by atoms with E-state index in [2.05, 4.69) is 0 Å². The normalized spacial score (nSPS) is 5.11. The summed E-state index contributed by atoms with van der Waals surface area (Å²) in [5.41, 5.74) is 0.685. The Labute approximate surface area is 73.3 Å². The van der Waals surface area contributed by atoms with E-state index in [0.29, 0.717) is 5.57 Å². The molecule has 0 rings (SSSR count).